The van der Waals surface area contributed by atoms with E-state index >= 15 is 0 Å². The summed E-state index contributed by atoms with van der Waals surface area (Å²) in [5.41, 5.74) is 1.58. The number of anilines is 1. The minimum Gasteiger partial charge on any atom is -0.465 e. The number of halogens is 1. The van der Waals surface area contributed by atoms with Crippen LogP contribution in [0.3, 0.4) is 0 Å². The molecule has 1 aromatic heterocycles. The molecule has 1 aliphatic heterocycles. The first-order valence-electron chi connectivity index (χ1n) is 9.43. The van der Waals surface area contributed by atoms with Gasteiger partial charge in [-0.3, -0.25) is 0 Å². The van der Waals surface area contributed by atoms with Gasteiger partial charge in [0.2, 0.25) is 5.95 Å². The van der Waals surface area contributed by atoms with Crippen LogP contribution in [0.1, 0.15) is 22.8 Å². The van der Waals surface area contributed by atoms with Gasteiger partial charge in [0, 0.05) is 45.1 Å². The van der Waals surface area contributed by atoms with Crippen LogP contribution in [-0.2, 0) is 11.3 Å². The molecule has 29 heavy (non-hydrogen) atoms. The van der Waals surface area contributed by atoms with Crippen molar-refractivity contribution >= 4 is 41.9 Å². The van der Waals surface area contributed by atoms with E-state index < -0.39 is 0 Å². The molecule has 0 spiro atoms. The molecule has 0 aliphatic carbocycles. The average molecular weight is 510 g/mol. The number of nitrogens with zero attached hydrogens (tertiary/aromatic N) is 5. The molecule has 1 fully saturated rings. The van der Waals surface area contributed by atoms with Gasteiger partial charge in [-0.25, -0.2) is 19.8 Å². The number of rotatable bonds is 5. The molecule has 1 saturated heterocycles. The van der Waals surface area contributed by atoms with Crippen molar-refractivity contribution in [2.45, 2.75) is 13.5 Å². The summed E-state index contributed by atoms with van der Waals surface area (Å²) in [6, 6.07) is 9.17. The molecule has 2 aromatic rings. The Labute approximate surface area is 188 Å². The summed E-state index contributed by atoms with van der Waals surface area (Å²) in [5.74, 6) is 1.34. The number of benzene rings is 1. The van der Waals surface area contributed by atoms with E-state index in [0.717, 1.165) is 50.2 Å². The molecule has 1 aromatic carbocycles. The maximum atomic E-state index is 11.5. The topological polar surface area (TPSA) is 83.0 Å². The normalized spacial score (nSPS) is 14.2. The summed E-state index contributed by atoms with van der Waals surface area (Å²) in [7, 11) is 1.38. The lowest BCUT2D eigenvalue weighted by molar-refractivity contribution is 0.0600. The summed E-state index contributed by atoms with van der Waals surface area (Å²) in [6.45, 7) is 6.82. The number of nitrogens with one attached hydrogen (secondary N) is 1. The van der Waals surface area contributed by atoms with Crippen LogP contribution in [0.5, 0.6) is 0 Å². The van der Waals surface area contributed by atoms with Crippen LogP contribution < -0.4 is 10.2 Å². The number of hydrogen-bond donors (Lipinski definition) is 1. The van der Waals surface area contributed by atoms with Crippen LogP contribution in [0, 0.1) is 0 Å². The van der Waals surface area contributed by atoms with Crippen molar-refractivity contribution in [3.63, 3.8) is 0 Å². The molecule has 0 saturated carbocycles. The quantitative estimate of drug-likeness (QED) is 0.286. The lowest BCUT2D eigenvalue weighted by atomic mass is 10.1. The fourth-order valence-electron chi connectivity index (χ4n) is 3.03. The average Bonchev–Trinajstić information content (AvgIpc) is 2.77. The van der Waals surface area contributed by atoms with Crippen LogP contribution in [-0.4, -0.2) is 66.6 Å². The van der Waals surface area contributed by atoms with Crippen LogP contribution >= 0.6 is 24.0 Å². The summed E-state index contributed by atoms with van der Waals surface area (Å²) < 4.78 is 4.73. The van der Waals surface area contributed by atoms with Gasteiger partial charge < -0.3 is 19.9 Å². The van der Waals surface area contributed by atoms with E-state index in [9.17, 15) is 4.79 Å². The zero-order valence-corrected chi connectivity index (χ0v) is 19.1. The Morgan fingerprint density at radius 3 is 2.38 bits per heavy atom. The molecule has 1 aliphatic rings. The van der Waals surface area contributed by atoms with Gasteiger partial charge in [0.15, 0.2) is 5.96 Å². The van der Waals surface area contributed by atoms with Gasteiger partial charge in [0.05, 0.1) is 19.2 Å². The van der Waals surface area contributed by atoms with Crippen molar-refractivity contribution in [3.8, 4) is 0 Å². The summed E-state index contributed by atoms with van der Waals surface area (Å²) in [6.07, 6.45) is 3.54. The van der Waals surface area contributed by atoms with Crippen LogP contribution in [0.4, 0.5) is 5.95 Å². The number of hydrogen-bond acceptors (Lipinski definition) is 6. The molecule has 8 nitrogen and oxygen atoms in total. The van der Waals surface area contributed by atoms with Crippen molar-refractivity contribution in [1.82, 2.24) is 20.2 Å². The van der Waals surface area contributed by atoms with Crippen LogP contribution in [0.15, 0.2) is 47.7 Å². The first-order valence-corrected chi connectivity index (χ1v) is 9.43. The van der Waals surface area contributed by atoms with Crippen molar-refractivity contribution in [1.29, 1.82) is 0 Å². The first-order chi connectivity index (χ1) is 13.7. The summed E-state index contributed by atoms with van der Waals surface area (Å²) >= 11 is 0. The number of aromatic nitrogens is 2. The van der Waals surface area contributed by atoms with E-state index in [4.69, 9.17) is 9.73 Å². The highest BCUT2D eigenvalue weighted by molar-refractivity contribution is 14.0. The zero-order chi connectivity index (χ0) is 19.8. The molecular formula is C20H27IN6O2. The lowest BCUT2D eigenvalue weighted by Crippen LogP contribution is -2.52. The van der Waals surface area contributed by atoms with Crippen molar-refractivity contribution in [3.05, 3.63) is 53.9 Å². The second-order valence-electron chi connectivity index (χ2n) is 6.38. The van der Waals surface area contributed by atoms with E-state index in [1.165, 1.54) is 7.11 Å². The molecule has 3 rings (SSSR count). The fraction of sp³-hybridized carbons (Fsp3) is 0.400. The number of piperazine rings is 1. The number of methoxy groups -OCH3 is 1. The molecule has 1 N–H and O–H groups in total. The highest BCUT2D eigenvalue weighted by Crippen LogP contribution is 2.11. The number of carbonyl (C=O) groups is 1. The van der Waals surface area contributed by atoms with Crippen molar-refractivity contribution in [2.75, 3.05) is 44.7 Å². The van der Waals surface area contributed by atoms with Crippen LogP contribution in [0.25, 0.3) is 0 Å². The monoisotopic (exact) mass is 510 g/mol. The number of ether oxygens (including phenoxy) is 1. The zero-order valence-electron chi connectivity index (χ0n) is 16.7. The standard InChI is InChI=1S/C20H26N6O2.HI/c1-3-21-19(24-15-16-5-7-17(8-6-16)18(27)28-2)25-11-13-26(14-12-25)20-22-9-4-10-23-20;/h4-10H,3,11-15H2,1-2H3,(H,21,24);1H. The van der Waals surface area contributed by atoms with Gasteiger partial charge in [-0.05, 0) is 30.7 Å². The number of esters is 1. The van der Waals surface area contributed by atoms with E-state index in [-0.39, 0.29) is 29.9 Å². The highest BCUT2D eigenvalue weighted by Gasteiger charge is 2.21. The van der Waals surface area contributed by atoms with Crippen LogP contribution in [0.2, 0.25) is 0 Å². The molecule has 0 bridgehead atoms. The van der Waals surface area contributed by atoms with Gasteiger partial charge >= 0.3 is 5.97 Å². The van der Waals surface area contributed by atoms with Gasteiger partial charge in [-0.2, -0.15) is 0 Å². The lowest BCUT2D eigenvalue weighted by Gasteiger charge is -2.36. The minimum atomic E-state index is -0.330. The van der Waals surface area contributed by atoms with Gasteiger partial charge in [-0.1, -0.05) is 12.1 Å². The van der Waals surface area contributed by atoms with E-state index in [1.54, 1.807) is 24.5 Å². The Balaban J connectivity index is 0.00000300. The highest BCUT2D eigenvalue weighted by atomic mass is 127. The van der Waals surface area contributed by atoms with Crippen molar-refractivity contribution < 1.29 is 9.53 Å². The number of guanidine groups is 1. The maximum absolute atomic E-state index is 11.5. The molecule has 0 radical (unpaired) electrons. The van der Waals surface area contributed by atoms with Gasteiger partial charge in [0.25, 0.3) is 0 Å². The second kappa shape index (κ2) is 11.5. The second-order valence-corrected chi connectivity index (χ2v) is 6.38. The summed E-state index contributed by atoms with van der Waals surface area (Å²) in [4.78, 5) is 29.4. The van der Waals surface area contributed by atoms with E-state index in [1.807, 2.05) is 18.2 Å². The third-order valence-corrected chi connectivity index (χ3v) is 4.54. The third kappa shape index (κ3) is 6.28. The first kappa shape index (κ1) is 22.9. The maximum Gasteiger partial charge on any atom is 0.337 e. The molecule has 0 atom stereocenters. The number of aliphatic imine (C=N–C) groups is 1. The minimum absolute atomic E-state index is 0. The molecule has 0 amide bonds. The third-order valence-electron chi connectivity index (χ3n) is 4.54. The Kier molecular flexibility index (Phi) is 9.10. The largest absolute Gasteiger partial charge is 0.465 e. The van der Waals surface area contributed by atoms with Gasteiger partial charge in [-0.15, -0.1) is 24.0 Å². The SMILES string of the molecule is CCNC(=NCc1ccc(C(=O)OC)cc1)N1CCN(c2ncccn2)CC1.I. The van der Waals surface area contributed by atoms with E-state index in [2.05, 4.69) is 32.0 Å². The molecule has 156 valence electrons. The van der Waals surface area contributed by atoms with E-state index in [0.29, 0.717) is 12.1 Å². The van der Waals surface area contributed by atoms with Gasteiger partial charge in [0.1, 0.15) is 0 Å². The molecule has 0 unspecified atom stereocenters. The Morgan fingerprint density at radius 2 is 1.79 bits per heavy atom. The predicted octanol–water partition coefficient (Wildman–Crippen LogP) is 2.17. The Hall–Kier alpha value is -2.43. The summed E-state index contributed by atoms with van der Waals surface area (Å²) in [5, 5.41) is 3.37. The predicted molar refractivity (Wildman–Crippen MR) is 124 cm³/mol. The van der Waals surface area contributed by atoms with Crippen molar-refractivity contribution in [2.24, 2.45) is 4.99 Å². The smallest absolute Gasteiger partial charge is 0.337 e. The Morgan fingerprint density at radius 1 is 1.14 bits per heavy atom. The Bertz CT molecular complexity index is 792. The molecule has 2 heterocycles. The fourth-order valence-corrected chi connectivity index (χ4v) is 3.03. The number of carbonyl (C=O) groups excluding carboxylic acids is 1. The molecule has 9 heteroatoms. The molecular weight excluding hydrogens is 483 g/mol.